The van der Waals surface area contributed by atoms with E-state index in [0.717, 1.165) is 0 Å². The van der Waals surface area contributed by atoms with Crippen LogP contribution in [0.25, 0.3) is 5.69 Å². The molecule has 0 unspecified atom stereocenters. The molecular formula is C13H15N5O3S. The molecule has 9 heteroatoms. The number of hydrogen-bond donors (Lipinski definition) is 1. The van der Waals surface area contributed by atoms with Crippen LogP contribution in [0, 0.1) is 6.92 Å². The average Bonchev–Trinajstić information content (AvgIpc) is 3.04. The SMILES string of the molecule is Cc1nnnn1-c1ccccc1C(=O)N[C@@H]1CCS(=O)(=O)C1. The van der Waals surface area contributed by atoms with Crippen molar-refractivity contribution >= 4 is 15.7 Å². The van der Waals surface area contributed by atoms with Crippen molar-refractivity contribution in [2.75, 3.05) is 11.5 Å². The van der Waals surface area contributed by atoms with Crippen LogP contribution in [0.1, 0.15) is 22.6 Å². The summed E-state index contributed by atoms with van der Waals surface area (Å²) in [6.07, 6.45) is 0.445. The summed E-state index contributed by atoms with van der Waals surface area (Å²) in [5.74, 6) is 0.340. The first-order valence-electron chi connectivity index (χ1n) is 6.82. The van der Waals surface area contributed by atoms with Crippen LogP contribution in [0.15, 0.2) is 24.3 Å². The molecule has 0 bridgehead atoms. The molecule has 116 valence electrons. The van der Waals surface area contributed by atoms with Crippen LogP contribution < -0.4 is 5.32 Å². The minimum Gasteiger partial charge on any atom is -0.348 e. The van der Waals surface area contributed by atoms with Crippen LogP contribution in [0.5, 0.6) is 0 Å². The van der Waals surface area contributed by atoms with Gasteiger partial charge in [-0.3, -0.25) is 4.79 Å². The van der Waals surface area contributed by atoms with E-state index in [-0.39, 0.29) is 23.5 Å². The molecule has 0 radical (unpaired) electrons. The highest BCUT2D eigenvalue weighted by atomic mass is 32.2. The third-order valence-corrected chi connectivity index (χ3v) is 5.34. The van der Waals surface area contributed by atoms with Crippen LogP contribution in [-0.4, -0.2) is 52.1 Å². The lowest BCUT2D eigenvalue weighted by Crippen LogP contribution is -2.36. The van der Waals surface area contributed by atoms with Gasteiger partial charge in [0.1, 0.15) is 0 Å². The average molecular weight is 321 g/mol. The van der Waals surface area contributed by atoms with Crippen molar-refractivity contribution in [3.63, 3.8) is 0 Å². The number of aromatic nitrogens is 4. The minimum atomic E-state index is -3.04. The molecule has 0 spiro atoms. The largest absolute Gasteiger partial charge is 0.348 e. The van der Waals surface area contributed by atoms with Crippen LogP contribution in [0.2, 0.25) is 0 Å². The van der Waals surface area contributed by atoms with E-state index in [1.54, 1.807) is 31.2 Å². The van der Waals surface area contributed by atoms with E-state index in [9.17, 15) is 13.2 Å². The van der Waals surface area contributed by atoms with E-state index >= 15 is 0 Å². The highest BCUT2D eigenvalue weighted by molar-refractivity contribution is 7.91. The molecule has 1 N–H and O–H groups in total. The van der Waals surface area contributed by atoms with Crippen molar-refractivity contribution in [2.45, 2.75) is 19.4 Å². The van der Waals surface area contributed by atoms with Crippen molar-refractivity contribution in [2.24, 2.45) is 0 Å². The Balaban J connectivity index is 1.86. The Kier molecular flexibility index (Phi) is 3.65. The summed E-state index contributed by atoms with van der Waals surface area (Å²) in [5, 5.41) is 14.0. The third-order valence-electron chi connectivity index (χ3n) is 3.57. The van der Waals surface area contributed by atoms with E-state index in [4.69, 9.17) is 0 Å². The van der Waals surface area contributed by atoms with Crippen molar-refractivity contribution in [1.82, 2.24) is 25.5 Å². The van der Waals surface area contributed by atoms with E-state index in [1.807, 2.05) is 0 Å². The fourth-order valence-corrected chi connectivity index (χ4v) is 4.15. The van der Waals surface area contributed by atoms with Gasteiger partial charge in [-0.15, -0.1) is 5.10 Å². The fourth-order valence-electron chi connectivity index (χ4n) is 2.48. The molecule has 0 aliphatic carbocycles. The van der Waals surface area contributed by atoms with Crippen LogP contribution >= 0.6 is 0 Å². The van der Waals surface area contributed by atoms with Gasteiger partial charge in [-0.05, 0) is 35.9 Å². The topological polar surface area (TPSA) is 107 Å². The summed E-state index contributed by atoms with van der Waals surface area (Å²) in [6.45, 7) is 1.73. The smallest absolute Gasteiger partial charge is 0.253 e. The molecule has 1 fully saturated rings. The van der Waals surface area contributed by atoms with Crippen LogP contribution in [-0.2, 0) is 9.84 Å². The number of nitrogens with one attached hydrogen (secondary N) is 1. The van der Waals surface area contributed by atoms with Gasteiger partial charge in [0, 0.05) is 6.04 Å². The number of para-hydroxylation sites is 1. The molecule has 22 heavy (non-hydrogen) atoms. The number of rotatable bonds is 3. The van der Waals surface area contributed by atoms with Gasteiger partial charge < -0.3 is 5.32 Å². The zero-order valence-electron chi connectivity index (χ0n) is 11.9. The molecule has 1 amide bonds. The van der Waals surface area contributed by atoms with Crippen LogP contribution in [0.4, 0.5) is 0 Å². The first-order valence-corrected chi connectivity index (χ1v) is 8.64. The molecule has 1 aliphatic rings. The highest BCUT2D eigenvalue weighted by Crippen LogP contribution is 2.16. The van der Waals surface area contributed by atoms with Gasteiger partial charge in [0.05, 0.1) is 22.8 Å². The fraction of sp³-hybridized carbons (Fsp3) is 0.385. The van der Waals surface area contributed by atoms with E-state index in [0.29, 0.717) is 23.5 Å². The number of amides is 1. The predicted octanol–water partition coefficient (Wildman–Crippen LogP) is -0.112. The van der Waals surface area contributed by atoms with Crippen molar-refractivity contribution in [3.8, 4) is 5.69 Å². The number of carbonyl (C=O) groups is 1. The van der Waals surface area contributed by atoms with Gasteiger partial charge >= 0.3 is 0 Å². The maximum absolute atomic E-state index is 12.5. The number of tetrazole rings is 1. The Morgan fingerprint density at radius 3 is 2.77 bits per heavy atom. The lowest BCUT2D eigenvalue weighted by molar-refractivity contribution is 0.0941. The Labute approximate surface area is 127 Å². The Hall–Kier alpha value is -2.29. The summed E-state index contributed by atoms with van der Waals surface area (Å²) >= 11 is 0. The highest BCUT2D eigenvalue weighted by Gasteiger charge is 2.29. The maximum atomic E-state index is 12.5. The predicted molar refractivity (Wildman–Crippen MR) is 78.4 cm³/mol. The molecule has 0 saturated carbocycles. The summed E-state index contributed by atoms with van der Waals surface area (Å²) in [7, 11) is -3.04. The van der Waals surface area contributed by atoms with E-state index < -0.39 is 9.84 Å². The first kappa shape index (κ1) is 14.6. The minimum absolute atomic E-state index is 0.00911. The number of aryl methyl sites for hydroxylation is 1. The Morgan fingerprint density at radius 1 is 1.36 bits per heavy atom. The molecule has 8 nitrogen and oxygen atoms in total. The van der Waals surface area contributed by atoms with Gasteiger partial charge in [-0.1, -0.05) is 12.1 Å². The zero-order valence-corrected chi connectivity index (χ0v) is 12.7. The standard InChI is InChI=1S/C13H15N5O3S/c1-9-15-16-17-18(9)12-5-3-2-4-11(12)13(19)14-10-6-7-22(20,21)8-10/h2-5,10H,6-8H2,1H3,(H,14,19)/t10-/m1/s1. The van der Waals surface area contributed by atoms with Gasteiger partial charge in [0.15, 0.2) is 15.7 Å². The molecule has 1 aromatic heterocycles. The molecule has 1 aromatic carbocycles. The maximum Gasteiger partial charge on any atom is 0.253 e. The summed E-state index contributed by atoms with van der Waals surface area (Å²) < 4.78 is 24.4. The van der Waals surface area contributed by atoms with Gasteiger partial charge in [0.25, 0.3) is 5.91 Å². The third kappa shape index (κ3) is 2.84. The van der Waals surface area contributed by atoms with Gasteiger partial charge in [-0.2, -0.15) is 4.68 Å². The van der Waals surface area contributed by atoms with Gasteiger partial charge in [-0.25, -0.2) is 8.42 Å². The first-order chi connectivity index (χ1) is 10.5. The number of carbonyl (C=O) groups excluding carboxylic acids is 1. The zero-order chi connectivity index (χ0) is 15.7. The van der Waals surface area contributed by atoms with Crippen LogP contribution in [0.3, 0.4) is 0 Å². The molecular weight excluding hydrogens is 306 g/mol. The Morgan fingerprint density at radius 2 is 2.14 bits per heavy atom. The lowest BCUT2D eigenvalue weighted by atomic mass is 10.1. The quantitative estimate of drug-likeness (QED) is 0.845. The molecule has 1 atom stereocenters. The number of nitrogens with zero attached hydrogens (tertiary/aromatic N) is 4. The van der Waals surface area contributed by atoms with Gasteiger partial charge in [0.2, 0.25) is 0 Å². The van der Waals surface area contributed by atoms with Crippen molar-refractivity contribution < 1.29 is 13.2 Å². The second-order valence-corrected chi connectivity index (χ2v) is 7.46. The molecule has 1 saturated heterocycles. The number of sulfone groups is 1. The molecule has 1 aliphatic heterocycles. The summed E-state index contributed by atoms with van der Waals surface area (Å²) in [4.78, 5) is 12.5. The van der Waals surface area contributed by atoms with Crippen molar-refractivity contribution in [1.29, 1.82) is 0 Å². The molecule has 2 aromatic rings. The number of hydrogen-bond acceptors (Lipinski definition) is 6. The second kappa shape index (κ2) is 5.48. The number of benzene rings is 1. The second-order valence-electron chi connectivity index (χ2n) is 5.23. The molecule has 2 heterocycles. The van der Waals surface area contributed by atoms with E-state index in [2.05, 4.69) is 20.8 Å². The summed E-state index contributed by atoms with van der Waals surface area (Å²) in [6, 6.07) is 6.58. The lowest BCUT2D eigenvalue weighted by Gasteiger charge is -2.13. The molecule has 3 rings (SSSR count). The normalized spacial score (nSPS) is 20.0. The Bertz CT molecular complexity index is 815. The van der Waals surface area contributed by atoms with E-state index in [1.165, 1.54) is 4.68 Å². The monoisotopic (exact) mass is 321 g/mol. The summed E-state index contributed by atoms with van der Waals surface area (Å²) in [5.41, 5.74) is 0.963. The van der Waals surface area contributed by atoms with Crippen molar-refractivity contribution in [3.05, 3.63) is 35.7 Å².